The number of thiazole rings is 1. The molecule has 2 saturated carbocycles. The van der Waals surface area contributed by atoms with Crippen LogP contribution in [0.4, 0.5) is 5.13 Å². The second-order valence-electron chi connectivity index (χ2n) is 12.1. The lowest BCUT2D eigenvalue weighted by atomic mass is 9.54. The Hall–Kier alpha value is -1.82. The Bertz CT molecular complexity index is 1360. The molecule has 1 heterocycles. The molecule has 0 spiro atoms. The maximum atomic E-state index is 12.9. The zero-order chi connectivity index (χ0) is 29.5. The molecule has 8 nitrogen and oxygen atoms in total. The minimum absolute atomic E-state index is 0.0173. The van der Waals surface area contributed by atoms with Gasteiger partial charge in [0, 0.05) is 22.9 Å². The smallest absolute Gasteiger partial charge is 0.325 e. The summed E-state index contributed by atoms with van der Waals surface area (Å²) in [6.07, 6.45) is 7.95. The van der Waals surface area contributed by atoms with Gasteiger partial charge in [0.2, 0.25) is 5.91 Å². The summed E-state index contributed by atoms with van der Waals surface area (Å²) in [6.45, 7) is 4.56. The molecule has 5 rings (SSSR count). The maximum absolute atomic E-state index is 12.9. The zero-order valence-corrected chi connectivity index (χ0v) is 28.2. The number of nitrogens with zero attached hydrogens (tertiary/aromatic N) is 3. The van der Waals surface area contributed by atoms with Gasteiger partial charge in [-0.1, -0.05) is 12.1 Å². The van der Waals surface area contributed by atoms with Gasteiger partial charge in [0.25, 0.3) is 0 Å². The van der Waals surface area contributed by atoms with E-state index in [0.717, 1.165) is 58.1 Å². The molecular formula is C30H38Br2N4O4S. The van der Waals surface area contributed by atoms with Crippen molar-refractivity contribution in [1.82, 2.24) is 9.88 Å². The van der Waals surface area contributed by atoms with Gasteiger partial charge in [-0.05, 0) is 132 Å². The summed E-state index contributed by atoms with van der Waals surface area (Å²) in [6, 6.07) is 2.18. The van der Waals surface area contributed by atoms with Crippen LogP contribution in [0.25, 0.3) is 0 Å². The van der Waals surface area contributed by atoms with Crippen LogP contribution in [0.15, 0.2) is 26.4 Å². The van der Waals surface area contributed by atoms with Crippen molar-refractivity contribution < 1.29 is 19.2 Å². The van der Waals surface area contributed by atoms with E-state index in [9.17, 15) is 9.59 Å². The molecule has 0 bridgehead atoms. The summed E-state index contributed by atoms with van der Waals surface area (Å²) in [5.41, 5.74) is 3.67. The Morgan fingerprint density at radius 1 is 1.29 bits per heavy atom. The standard InChI is InChI=1S/C30H38Br2N4O4S/c1-16-14-33-29(41-16)34-24(37)9-6-17-12-23(35-39-5)30(2)11-10-18-19(26(17)30)7-8-20-21(18)13-22(31)28(27(20)32)40-25(38)15-36(3)4/h13-14,17-19,26H,6-12,15H2,1-5H3,(H,33,34,37)/t17-,18?,19?,26?,30-/m1/s1. The highest BCUT2D eigenvalue weighted by molar-refractivity contribution is 9.11. The molecule has 1 aromatic carbocycles. The molecule has 0 saturated heterocycles. The second-order valence-corrected chi connectivity index (χ2v) is 15.0. The number of ether oxygens (including phenoxy) is 1. The number of hydrogen-bond acceptors (Lipinski definition) is 8. The summed E-state index contributed by atoms with van der Waals surface area (Å²) in [5, 5.41) is 8.18. The first-order valence-electron chi connectivity index (χ1n) is 14.2. The van der Waals surface area contributed by atoms with Gasteiger partial charge in [0.05, 0.1) is 21.2 Å². The number of aryl methyl sites for hydroxylation is 1. The van der Waals surface area contributed by atoms with Gasteiger partial charge in [-0.3, -0.25) is 14.5 Å². The molecule has 1 aromatic heterocycles. The fourth-order valence-corrected chi connectivity index (χ4v) is 9.83. The minimum atomic E-state index is -0.286. The van der Waals surface area contributed by atoms with Crippen LogP contribution in [-0.4, -0.2) is 55.2 Å². The number of esters is 1. The van der Waals surface area contributed by atoms with E-state index in [1.165, 1.54) is 22.5 Å². The minimum Gasteiger partial charge on any atom is -0.423 e. The number of fused-ring (bicyclic) bond motifs is 5. The van der Waals surface area contributed by atoms with Gasteiger partial charge >= 0.3 is 5.97 Å². The first kappa shape index (κ1) is 30.6. The lowest BCUT2D eigenvalue weighted by Crippen LogP contribution is -2.44. The zero-order valence-electron chi connectivity index (χ0n) is 24.3. The molecule has 0 aliphatic heterocycles. The van der Waals surface area contributed by atoms with E-state index in [4.69, 9.17) is 9.57 Å². The van der Waals surface area contributed by atoms with Crippen molar-refractivity contribution in [3.05, 3.63) is 37.2 Å². The third-order valence-electron chi connectivity index (χ3n) is 9.22. The predicted molar refractivity (Wildman–Crippen MR) is 169 cm³/mol. The topological polar surface area (TPSA) is 93.1 Å². The molecule has 1 amide bonds. The Kier molecular flexibility index (Phi) is 9.28. The van der Waals surface area contributed by atoms with E-state index in [0.29, 0.717) is 41.0 Å². The normalized spacial score (nSPS) is 27.8. The Balaban J connectivity index is 1.39. The maximum Gasteiger partial charge on any atom is 0.325 e. The van der Waals surface area contributed by atoms with Crippen LogP contribution in [0.5, 0.6) is 5.75 Å². The number of amides is 1. The fraction of sp³-hybridized carbons (Fsp3) is 0.600. The molecule has 2 aromatic rings. The van der Waals surface area contributed by atoms with E-state index < -0.39 is 0 Å². The molecule has 3 aliphatic rings. The molecule has 3 unspecified atom stereocenters. The van der Waals surface area contributed by atoms with Crippen LogP contribution >= 0.6 is 43.2 Å². The van der Waals surface area contributed by atoms with Gasteiger partial charge in [-0.2, -0.15) is 0 Å². The lowest BCUT2D eigenvalue weighted by Gasteiger charge is -2.50. The average Bonchev–Trinajstić information content (AvgIpc) is 3.44. The molecule has 3 aliphatic carbocycles. The number of likely N-dealkylation sites (N-methyl/N-ethyl adjacent to an activating group) is 1. The Morgan fingerprint density at radius 3 is 2.76 bits per heavy atom. The van der Waals surface area contributed by atoms with E-state index in [-0.39, 0.29) is 23.8 Å². The lowest BCUT2D eigenvalue weighted by molar-refractivity contribution is -0.135. The first-order chi connectivity index (χ1) is 19.5. The van der Waals surface area contributed by atoms with Gasteiger partial charge in [-0.15, -0.1) is 11.3 Å². The molecule has 0 radical (unpaired) electrons. The van der Waals surface area contributed by atoms with Gasteiger partial charge in [0.15, 0.2) is 10.9 Å². The summed E-state index contributed by atoms with van der Waals surface area (Å²) in [5.74, 6) is 1.92. The number of halogens is 2. The van der Waals surface area contributed by atoms with E-state index in [1.54, 1.807) is 18.2 Å². The molecule has 11 heteroatoms. The Morgan fingerprint density at radius 2 is 2.07 bits per heavy atom. The predicted octanol–water partition coefficient (Wildman–Crippen LogP) is 6.95. The van der Waals surface area contributed by atoms with E-state index in [1.807, 2.05) is 21.0 Å². The van der Waals surface area contributed by atoms with Crippen LogP contribution in [0, 0.1) is 30.1 Å². The highest BCUT2D eigenvalue weighted by atomic mass is 79.9. The number of carbonyl (C=O) groups is 2. The van der Waals surface area contributed by atoms with Gasteiger partial charge in [-0.25, -0.2) is 4.98 Å². The highest BCUT2D eigenvalue weighted by Gasteiger charge is 2.58. The van der Waals surface area contributed by atoms with Crippen molar-refractivity contribution >= 4 is 65.9 Å². The number of aromatic nitrogens is 1. The van der Waals surface area contributed by atoms with Crippen molar-refractivity contribution in [3.8, 4) is 5.75 Å². The van der Waals surface area contributed by atoms with Crippen molar-refractivity contribution in [1.29, 1.82) is 0 Å². The second kappa shape index (κ2) is 12.4. The van der Waals surface area contributed by atoms with E-state index >= 15 is 0 Å². The number of rotatable bonds is 8. The summed E-state index contributed by atoms with van der Waals surface area (Å²) in [4.78, 5) is 37.8. The van der Waals surface area contributed by atoms with Crippen molar-refractivity contribution in [3.63, 3.8) is 0 Å². The number of benzene rings is 1. The first-order valence-corrected chi connectivity index (χ1v) is 16.6. The summed E-state index contributed by atoms with van der Waals surface area (Å²) >= 11 is 9.01. The number of oxime groups is 1. The Labute approximate surface area is 262 Å². The summed E-state index contributed by atoms with van der Waals surface area (Å²) < 4.78 is 7.45. The van der Waals surface area contributed by atoms with Gasteiger partial charge in [0.1, 0.15) is 7.11 Å². The number of hydrogen-bond donors (Lipinski definition) is 1. The van der Waals surface area contributed by atoms with Crippen LogP contribution in [0.3, 0.4) is 0 Å². The molecule has 5 atom stereocenters. The van der Waals surface area contributed by atoms with Crippen LogP contribution in [0.1, 0.15) is 67.4 Å². The number of anilines is 1. The van der Waals surface area contributed by atoms with Crippen LogP contribution < -0.4 is 10.1 Å². The monoisotopic (exact) mass is 708 g/mol. The SMILES string of the molecule is CON=C1C[C@@H](CCC(=O)Nc2ncc(C)s2)C2C3CCc4c(cc(Br)c(OC(=O)CN(C)C)c4Br)C3CC[C@]12C. The van der Waals surface area contributed by atoms with Crippen LogP contribution in [-0.2, 0) is 20.8 Å². The fourth-order valence-electron chi connectivity index (χ4n) is 7.64. The largest absolute Gasteiger partial charge is 0.423 e. The molecular weight excluding hydrogens is 672 g/mol. The van der Waals surface area contributed by atoms with Crippen molar-refractivity contribution in [2.75, 3.05) is 33.1 Å². The quantitative estimate of drug-likeness (QED) is 0.181. The summed E-state index contributed by atoms with van der Waals surface area (Å²) in [7, 11) is 5.33. The van der Waals surface area contributed by atoms with E-state index in [2.05, 4.69) is 60.3 Å². The third kappa shape index (κ3) is 6.15. The molecule has 41 heavy (non-hydrogen) atoms. The third-order valence-corrected chi connectivity index (χ3v) is 11.5. The molecule has 2 fully saturated rings. The number of carbonyl (C=O) groups excluding carboxylic acids is 2. The molecule has 1 N–H and O–H groups in total. The highest BCUT2D eigenvalue weighted by Crippen LogP contribution is 2.63. The van der Waals surface area contributed by atoms with Crippen molar-refractivity contribution in [2.24, 2.45) is 28.3 Å². The molecule has 222 valence electrons. The van der Waals surface area contributed by atoms with Crippen LogP contribution in [0.2, 0.25) is 0 Å². The average molecular weight is 711 g/mol. The van der Waals surface area contributed by atoms with Gasteiger partial charge < -0.3 is 14.9 Å². The number of nitrogens with one attached hydrogen (secondary N) is 1. The van der Waals surface area contributed by atoms with Crippen molar-refractivity contribution in [2.45, 2.75) is 64.7 Å².